The molecular weight excluding hydrogens is 291 g/mol. The molecule has 0 fully saturated rings. The Labute approximate surface area is 125 Å². The van der Waals surface area contributed by atoms with Crippen molar-refractivity contribution in [2.75, 3.05) is 13.1 Å². The van der Waals surface area contributed by atoms with Crippen molar-refractivity contribution in [2.45, 2.75) is 13.1 Å². The van der Waals surface area contributed by atoms with Crippen LogP contribution in [0.1, 0.15) is 11.1 Å². The Kier molecular flexibility index (Phi) is 3.28. The van der Waals surface area contributed by atoms with Crippen molar-refractivity contribution in [3.63, 3.8) is 0 Å². The first kappa shape index (κ1) is 14.4. The largest absolute Gasteiger partial charge is 0.417 e. The van der Waals surface area contributed by atoms with E-state index < -0.39 is 17.3 Å². The number of alkyl halides is 3. The minimum Gasteiger partial charge on any atom is -0.323 e. The summed E-state index contributed by atoms with van der Waals surface area (Å²) in [6.45, 7) is 2.77. The van der Waals surface area contributed by atoms with Gasteiger partial charge in [0.1, 0.15) is 17.5 Å². The molecule has 3 nitrogen and oxygen atoms in total. The van der Waals surface area contributed by atoms with Crippen LogP contribution in [0.5, 0.6) is 0 Å². The van der Waals surface area contributed by atoms with E-state index in [-0.39, 0.29) is 5.84 Å². The second-order valence-corrected chi connectivity index (χ2v) is 5.15. The molecule has 3 rings (SSSR count). The van der Waals surface area contributed by atoms with Crippen molar-refractivity contribution < 1.29 is 13.2 Å². The predicted molar refractivity (Wildman–Crippen MR) is 76.9 cm³/mol. The molecule has 0 aromatic heterocycles. The zero-order valence-corrected chi connectivity index (χ0v) is 11.8. The van der Waals surface area contributed by atoms with Crippen LogP contribution in [0.25, 0.3) is 5.70 Å². The zero-order valence-electron chi connectivity index (χ0n) is 11.8. The molecule has 0 N–H and O–H groups in total. The molecule has 112 valence electrons. The summed E-state index contributed by atoms with van der Waals surface area (Å²) in [6.07, 6.45) is -3.54. The predicted octanol–water partition coefficient (Wildman–Crippen LogP) is 3.45. The van der Waals surface area contributed by atoms with Crippen LogP contribution in [-0.4, -0.2) is 30.0 Å². The fraction of sp³-hybridized carbons (Fsp3) is 0.250. The fourth-order valence-corrected chi connectivity index (χ4v) is 2.60. The van der Waals surface area contributed by atoms with Crippen LogP contribution in [0.4, 0.5) is 13.2 Å². The van der Waals surface area contributed by atoms with Crippen LogP contribution in [0.2, 0.25) is 0 Å². The van der Waals surface area contributed by atoms with Crippen molar-refractivity contribution >= 4 is 11.5 Å². The highest BCUT2D eigenvalue weighted by Crippen LogP contribution is 2.38. The van der Waals surface area contributed by atoms with Gasteiger partial charge in [-0.25, -0.2) is 0 Å². The molecule has 2 aliphatic heterocycles. The maximum atomic E-state index is 13.3. The van der Waals surface area contributed by atoms with Crippen molar-refractivity contribution in [3.05, 3.63) is 52.6 Å². The molecule has 0 spiro atoms. The normalized spacial score (nSPS) is 17.9. The van der Waals surface area contributed by atoms with Crippen molar-refractivity contribution in [2.24, 2.45) is 4.99 Å². The monoisotopic (exact) mass is 303 g/mol. The average molecular weight is 303 g/mol. The number of aryl methyl sites for hydroxylation is 1. The SMILES string of the molecule is Cc1ccc(C2=CC(C(F)(F)F)=C(C#N)C3=NCCN23)cc1. The van der Waals surface area contributed by atoms with Gasteiger partial charge >= 0.3 is 6.18 Å². The van der Waals surface area contributed by atoms with Crippen molar-refractivity contribution in [1.29, 1.82) is 5.26 Å². The Hall–Kier alpha value is -2.55. The molecule has 0 bridgehead atoms. The third kappa shape index (κ3) is 2.29. The highest BCUT2D eigenvalue weighted by atomic mass is 19.4. The third-order valence-corrected chi connectivity index (χ3v) is 3.67. The van der Waals surface area contributed by atoms with Crippen molar-refractivity contribution in [1.82, 2.24) is 4.90 Å². The van der Waals surface area contributed by atoms with Crippen molar-refractivity contribution in [3.8, 4) is 6.07 Å². The first-order valence-electron chi connectivity index (χ1n) is 6.74. The van der Waals surface area contributed by atoms with E-state index in [1.807, 2.05) is 19.1 Å². The number of halogens is 3. The molecule has 0 amide bonds. The summed E-state index contributed by atoms with van der Waals surface area (Å²) < 4.78 is 39.8. The van der Waals surface area contributed by atoms with Crippen LogP contribution in [0.3, 0.4) is 0 Å². The van der Waals surface area contributed by atoms with E-state index in [1.165, 1.54) is 0 Å². The Balaban J connectivity index is 2.20. The number of nitriles is 1. The van der Waals surface area contributed by atoms with Crippen LogP contribution in [0.15, 0.2) is 46.5 Å². The molecule has 0 aliphatic carbocycles. The van der Waals surface area contributed by atoms with E-state index >= 15 is 0 Å². The molecule has 0 unspecified atom stereocenters. The zero-order chi connectivity index (χ0) is 15.9. The molecule has 2 heterocycles. The lowest BCUT2D eigenvalue weighted by molar-refractivity contribution is -0.0886. The minimum absolute atomic E-state index is 0.118. The molecule has 22 heavy (non-hydrogen) atoms. The van der Waals surface area contributed by atoms with Gasteiger partial charge < -0.3 is 4.90 Å². The molecular formula is C16H12F3N3. The summed E-state index contributed by atoms with van der Waals surface area (Å²) in [7, 11) is 0. The summed E-state index contributed by atoms with van der Waals surface area (Å²) >= 11 is 0. The number of amidine groups is 1. The molecule has 0 atom stereocenters. The molecule has 1 aromatic carbocycles. The second-order valence-electron chi connectivity index (χ2n) is 5.15. The Morgan fingerprint density at radius 2 is 1.91 bits per heavy atom. The Morgan fingerprint density at radius 3 is 2.50 bits per heavy atom. The molecule has 1 aromatic rings. The van der Waals surface area contributed by atoms with Gasteiger partial charge in [-0.2, -0.15) is 18.4 Å². The molecule has 6 heteroatoms. The van der Waals surface area contributed by atoms with Crippen LogP contribution in [-0.2, 0) is 0 Å². The summed E-state index contributed by atoms with van der Waals surface area (Å²) in [5.74, 6) is 0.118. The first-order valence-corrected chi connectivity index (χ1v) is 6.74. The number of aliphatic imine (C=N–C) groups is 1. The smallest absolute Gasteiger partial charge is 0.323 e. The average Bonchev–Trinajstić information content (AvgIpc) is 2.95. The lowest BCUT2D eigenvalue weighted by Crippen LogP contribution is -2.33. The summed E-state index contributed by atoms with van der Waals surface area (Å²) in [5, 5.41) is 9.12. The maximum Gasteiger partial charge on any atom is 0.417 e. The van der Waals surface area contributed by atoms with Gasteiger partial charge in [0.15, 0.2) is 0 Å². The maximum absolute atomic E-state index is 13.3. The molecule has 0 saturated carbocycles. The van der Waals surface area contributed by atoms with E-state index in [1.54, 1.807) is 23.1 Å². The summed E-state index contributed by atoms with van der Waals surface area (Å²) in [4.78, 5) is 5.77. The van der Waals surface area contributed by atoms with E-state index in [0.29, 0.717) is 24.4 Å². The second kappa shape index (κ2) is 5.02. The quantitative estimate of drug-likeness (QED) is 0.797. The van der Waals surface area contributed by atoms with Gasteiger partial charge in [-0.3, -0.25) is 4.99 Å². The van der Waals surface area contributed by atoms with Crippen LogP contribution < -0.4 is 0 Å². The topological polar surface area (TPSA) is 39.4 Å². The molecule has 0 radical (unpaired) electrons. The number of allylic oxidation sites excluding steroid dienone is 2. The van der Waals surface area contributed by atoms with Gasteiger partial charge in [0.2, 0.25) is 0 Å². The fourth-order valence-electron chi connectivity index (χ4n) is 2.60. The number of fused-ring (bicyclic) bond motifs is 1. The van der Waals surface area contributed by atoms with Crippen LogP contribution >= 0.6 is 0 Å². The van der Waals surface area contributed by atoms with E-state index in [4.69, 9.17) is 5.26 Å². The van der Waals surface area contributed by atoms with Gasteiger partial charge in [0.05, 0.1) is 17.8 Å². The summed E-state index contributed by atoms with van der Waals surface area (Å²) in [6, 6.07) is 8.91. The minimum atomic E-state index is -4.59. The lowest BCUT2D eigenvalue weighted by atomic mass is 9.97. The van der Waals surface area contributed by atoms with Gasteiger partial charge in [0.25, 0.3) is 0 Å². The van der Waals surface area contributed by atoms with E-state index in [2.05, 4.69) is 4.99 Å². The molecule has 0 saturated heterocycles. The third-order valence-electron chi connectivity index (χ3n) is 3.67. The summed E-state index contributed by atoms with van der Waals surface area (Å²) in [5.41, 5.74) is 0.810. The van der Waals surface area contributed by atoms with E-state index in [9.17, 15) is 13.2 Å². The number of hydrogen-bond acceptors (Lipinski definition) is 3. The Morgan fingerprint density at radius 1 is 1.23 bits per heavy atom. The number of benzene rings is 1. The highest BCUT2D eigenvalue weighted by molar-refractivity contribution is 6.10. The highest BCUT2D eigenvalue weighted by Gasteiger charge is 2.42. The van der Waals surface area contributed by atoms with Gasteiger partial charge in [-0.15, -0.1) is 0 Å². The number of hydrogen-bond donors (Lipinski definition) is 0. The Bertz CT molecular complexity index is 746. The van der Waals surface area contributed by atoms with Crippen LogP contribution in [0, 0.1) is 18.3 Å². The molecule has 2 aliphatic rings. The van der Waals surface area contributed by atoms with Gasteiger partial charge in [-0.05, 0) is 18.6 Å². The van der Waals surface area contributed by atoms with E-state index in [0.717, 1.165) is 11.6 Å². The van der Waals surface area contributed by atoms with Gasteiger partial charge in [0, 0.05) is 6.54 Å². The first-order chi connectivity index (χ1) is 10.4. The number of rotatable bonds is 1. The number of nitrogens with zero attached hydrogens (tertiary/aromatic N) is 3. The van der Waals surface area contributed by atoms with Gasteiger partial charge in [-0.1, -0.05) is 29.8 Å². The standard InChI is InChI=1S/C16H12F3N3/c1-10-2-4-11(5-3-10)14-8-13(16(17,18)19)12(9-20)15-21-6-7-22(14)15/h2-5,8H,6-7H2,1H3. The lowest BCUT2D eigenvalue weighted by Gasteiger charge is -2.29.